The number of hydrogen-bond donors (Lipinski definition) is 0. The second-order valence-corrected chi connectivity index (χ2v) is 6.50. The van der Waals surface area contributed by atoms with Gasteiger partial charge in [0.05, 0.1) is 0 Å². The Labute approximate surface area is 142 Å². The lowest BCUT2D eigenvalue weighted by Crippen LogP contribution is -2.40. The van der Waals surface area contributed by atoms with E-state index in [0.29, 0.717) is 18.8 Å². The van der Waals surface area contributed by atoms with Crippen molar-refractivity contribution in [3.8, 4) is 0 Å². The van der Waals surface area contributed by atoms with Crippen LogP contribution in [-0.4, -0.2) is 28.9 Å². The predicted octanol–water partition coefficient (Wildman–Crippen LogP) is 3.63. The normalized spacial score (nSPS) is 17.7. The zero-order valence-electron chi connectivity index (χ0n) is 13.8. The zero-order valence-corrected chi connectivity index (χ0v) is 13.8. The number of aryl methyl sites for hydroxylation is 1. The maximum absolute atomic E-state index is 12.9. The molecule has 1 aliphatic rings. The Kier molecular flexibility index (Phi) is 5.57. The number of aromatic nitrogens is 1. The number of likely N-dealkylation sites (tertiary alicyclic amines) is 1. The minimum absolute atomic E-state index is 0.199. The van der Waals surface area contributed by atoms with E-state index in [1.165, 1.54) is 12.1 Å². The smallest absolute Gasteiger partial charge is 0.222 e. The number of hydrogen-bond acceptors (Lipinski definition) is 2. The van der Waals surface area contributed by atoms with Crippen LogP contribution in [0.5, 0.6) is 0 Å². The number of pyridine rings is 1. The summed E-state index contributed by atoms with van der Waals surface area (Å²) >= 11 is 0. The molecule has 4 heteroatoms. The first kappa shape index (κ1) is 16.6. The molecule has 1 aliphatic heterocycles. The molecule has 24 heavy (non-hydrogen) atoms. The summed E-state index contributed by atoms with van der Waals surface area (Å²) in [5.41, 5.74) is 2.11. The first-order valence-electron chi connectivity index (χ1n) is 8.63. The second kappa shape index (κ2) is 8.04. The highest BCUT2D eigenvalue weighted by molar-refractivity contribution is 5.76. The molecule has 2 heterocycles. The number of amides is 1. The van der Waals surface area contributed by atoms with E-state index in [2.05, 4.69) is 11.1 Å². The van der Waals surface area contributed by atoms with Gasteiger partial charge in [-0.25, -0.2) is 4.39 Å². The molecule has 1 aromatic heterocycles. The molecule has 126 valence electrons. The van der Waals surface area contributed by atoms with Crippen molar-refractivity contribution in [3.05, 3.63) is 65.7 Å². The summed E-state index contributed by atoms with van der Waals surface area (Å²) in [7, 11) is 0. The fourth-order valence-corrected chi connectivity index (χ4v) is 3.33. The molecule has 0 radical (unpaired) electrons. The number of carbonyl (C=O) groups is 1. The zero-order chi connectivity index (χ0) is 16.8. The van der Waals surface area contributed by atoms with E-state index in [4.69, 9.17) is 0 Å². The Bertz CT molecular complexity index is 657. The van der Waals surface area contributed by atoms with Gasteiger partial charge in [0.2, 0.25) is 5.91 Å². The van der Waals surface area contributed by atoms with Gasteiger partial charge < -0.3 is 4.90 Å². The SMILES string of the molecule is O=C(CCc1ccc(F)cc1)N1CCC[C@@H](Cc2ccccn2)C1. The average Bonchev–Trinajstić information content (AvgIpc) is 2.62. The van der Waals surface area contributed by atoms with Crippen LogP contribution in [0, 0.1) is 11.7 Å². The van der Waals surface area contributed by atoms with Gasteiger partial charge in [0, 0.05) is 31.4 Å². The van der Waals surface area contributed by atoms with Crippen molar-refractivity contribution >= 4 is 5.91 Å². The number of nitrogens with zero attached hydrogens (tertiary/aromatic N) is 2. The fourth-order valence-electron chi connectivity index (χ4n) is 3.33. The lowest BCUT2D eigenvalue weighted by molar-refractivity contribution is -0.133. The largest absolute Gasteiger partial charge is 0.342 e. The van der Waals surface area contributed by atoms with Crippen molar-refractivity contribution in [2.75, 3.05) is 13.1 Å². The Morgan fingerprint density at radius 1 is 1.21 bits per heavy atom. The molecule has 0 unspecified atom stereocenters. The molecule has 1 fully saturated rings. The van der Waals surface area contributed by atoms with Gasteiger partial charge in [-0.3, -0.25) is 9.78 Å². The van der Waals surface area contributed by atoms with Gasteiger partial charge in [-0.2, -0.15) is 0 Å². The maximum atomic E-state index is 12.9. The van der Waals surface area contributed by atoms with Crippen molar-refractivity contribution in [1.82, 2.24) is 9.88 Å². The van der Waals surface area contributed by atoms with Crippen LogP contribution < -0.4 is 0 Å². The van der Waals surface area contributed by atoms with Crippen molar-refractivity contribution in [2.45, 2.75) is 32.1 Å². The lowest BCUT2D eigenvalue weighted by Gasteiger charge is -2.33. The monoisotopic (exact) mass is 326 g/mol. The van der Waals surface area contributed by atoms with Gasteiger partial charge in [0.15, 0.2) is 0 Å². The Morgan fingerprint density at radius 2 is 2.04 bits per heavy atom. The summed E-state index contributed by atoms with van der Waals surface area (Å²) in [5.74, 6) is 0.451. The molecule has 2 aromatic rings. The third-order valence-corrected chi connectivity index (χ3v) is 4.64. The third kappa shape index (κ3) is 4.63. The van der Waals surface area contributed by atoms with E-state index in [1.54, 1.807) is 12.1 Å². The summed E-state index contributed by atoms with van der Waals surface area (Å²) in [5, 5.41) is 0. The number of rotatable bonds is 5. The van der Waals surface area contributed by atoms with Gasteiger partial charge in [-0.05, 0) is 61.4 Å². The third-order valence-electron chi connectivity index (χ3n) is 4.64. The molecule has 0 aliphatic carbocycles. The summed E-state index contributed by atoms with van der Waals surface area (Å²) < 4.78 is 12.9. The van der Waals surface area contributed by atoms with Crippen LogP contribution in [0.4, 0.5) is 4.39 Å². The van der Waals surface area contributed by atoms with Gasteiger partial charge in [-0.15, -0.1) is 0 Å². The van der Waals surface area contributed by atoms with Crippen molar-refractivity contribution < 1.29 is 9.18 Å². The van der Waals surface area contributed by atoms with Crippen molar-refractivity contribution in [3.63, 3.8) is 0 Å². The molecule has 0 saturated carbocycles. The molecule has 0 bridgehead atoms. The number of halogens is 1. The summed E-state index contributed by atoms with van der Waals surface area (Å²) in [4.78, 5) is 18.9. The van der Waals surface area contributed by atoms with Gasteiger partial charge in [0.25, 0.3) is 0 Å². The van der Waals surface area contributed by atoms with E-state index < -0.39 is 0 Å². The van der Waals surface area contributed by atoms with E-state index in [0.717, 1.165) is 43.6 Å². The average molecular weight is 326 g/mol. The van der Waals surface area contributed by atoms with Crippen LogP contribution in [-0.2, 0) is 17.6 Å². The van der Waals surface area contributed by atoms with Gasteiger partial charge in [-0.1, -0.05) is 18.2 Å². The van der Waals surface area contributed by atoms with Crippen LogP contribution in [0.25, 0.3) is 0 Å². The molecule has 1 aromatic carbocycles. The summed E-state index contributed by atoms with van der Waals surface area (Å²) in [6.07, 6.45) is 6.12. The second-order valence-electron chi connectivity index (χ2n) is 6.50. The number of piperidine rings is 1. The molecule has 1 amide bonds. The first-order chi connectivity index (χ1) is 11.7. The molecule has 3 nitrogen and oxygen atoms in total. The highest BCUT2D eigenvalue weighted by Gasteiger charge is 2.23. The maximum Gasteiger partial charge on any atom is 0.222 e. The minimum atomic E-state index is -0.238. The number of benzene rings is 1. The quantitative estimate of drug-likeness (QED) is 0.840. The number of carbonyl (C=O) groups excluding carboxylic acids is 1. The predicted molar refractivity (Wildman–Crippen MR) is 92.0 cm³/mol. The highest BCUT2D eigenvalue weighted by Crippen LogP contribution is 2.21. The molecule has 1 saturated heterocycles. The van der Waals surface area contributed by atoms with Gasteiger partial charge in [0.1, 0.15) is 5.82 Å². The van der Waals surface area contributed by atoms with Crippen LogP contribution >= 0.6 is 0 Å². The van der Waals surface area contributed by atoms with Crippen LogP contribution in [0.2, 0.25) is 0 Å². The molecule has 0 spiro atoms. The van der Waals surface area contributed by atoms with E-state index >= 15 is 0 Å². The molecule has 3 rings (SSSR count). The standard InChI is InChI=1S/C20H23FN2O/c21-18-9-6-16(7-10-18)8-11-20(24)23-13-3-4-17(15-23)14-19-5-1-2-12-22-19/h1-2,5-7,9-10,12,17H,3-4,8,11,13-15H2/t17-/m0/s1. The van der Waals surface area contributed by atoms with E-state index in [9.17, 15) is 9.18 Å². The van der Waals surface area contributed by atoms with Crippen LogP contribution in [0.1, 0.15) is 30.5 Å². The fraction of sp³-hybridized carbons (Fsp3) is 0.400. The molecular formula is C20H23FN2O. The molecule has 1 atom stereocenters. The van der Waals surface area contributed by atoms with Crippen molar-refractivity contribution in [1.29, 1.82) is 0 Å². The lowest BCUT2D eigenvalue weighted by atomic mass is 9.93. The van der Waals surface area contributed by atoms with Crippen LogP contribution in [0.15, 0.2) is 48.7 Å². The molecule has 0 N–H and O–H groups in total. The van der Waals surface area contributed by atoms with Crippen LogP contribution in [0.3, 0.4) is 0 Å². The first-order valence-corrected chi connectivity index (χ1v) is 8.63. The Balaban J connectivity index is 1.50. The Hall–Kier alpha value is -2.23. The summed E-state index contributed by atoms with van der Waals surface area (Å²) in [6, 6.07) is 12.4. The van der Waals surface area contributed by atoms with E-state index in [-0.39, 0.29) is 11.7 Å². The van der Waals surface area contributed by atoms with E-state index in [1.807, 2.05) is 23.2 Å². The topological polar surface area (TPSA) is 33.2 Å². The minimum Gasteiger partial charge on any atom is -0.342 e. The highest BCUT2D eigenvalue weighted by atomic mass is 19.1. The summed E-state index contributed by atoms with van der Waals surface area (Å²) in [6.45, 7) is 1.67. The Morgan fingerprint density at radius 3 is 2.79 bits per heavy atom. The van der Waals surface area contributed by atoms with Crippen molar-refractivity contribution in [2.24, 2.45) is 5.92 Å². The van der Waals surface area contributed by atoms with Gasteiger partial charge >= 0.3 is 0 Å². The molecular weight excluding hydrogens is 303 g/mol.